The van der Waals surface area contributed by atoms with Crippen molar-refractivity contribution in [1.29, 1.82) is 0 Å². The summed E-state index contributed by atoms with van der Waals surface area (Å²) in [5.74, 6) is 0.992. The van der Waals surface area contributed by atoms with Crippen LogP contribution in [0.4, 0.5) is 0 Å². The standard InChI is InChI=1S/C47H30N2/c1-29-48-44-16-8-9-17-45(44)49(29)35-23-20-30(21-24-35)32-18-19-33-27-39-43(28-34(33)26-32)47(42-25-22-31-10-2-3-11-36(31)46(39)42)40-14-6-4-12-37(40)38-13-5-7-15-41(38)47/h2-28H,1H3. The number of imidazole rings is 1. The Morgan fingerprint density at radius 3 is 1.96 bits per heavy atom. The molecular weight excluding hydrogens is 593 g/mol. The third-order valence-electron chi connectivity index (χ3n) is 11.1. The predicted octanol–water partition coefficient (Wildman–Crippen LogP) is 11.7. The average Bonchev–Trinajstić information content (AvgIpc) is 3.76. The zero-order valence-corrected chi connectivity index (χ0v) is 27.0. The number of aromatic nitrogens is 2. The third kappa shape index (κ3) is 3.48. The lowest BCUT2D eigenvalue weighted by Crippen LogP contribution is -2.25. The molecule has 2 aliphatic carbocycles. The van der Waals surface area contributed by atoms with Gasteiger partial charge in [-0.05, 0) is 127 Å². The summed E-state index contributed by atoms with van der Waals surface area (Å²) in [6.45, 7) is 2.07. The molecule has 1 spiro atoms. The van der Waals surface area contributed by atoms with E-state index in [2.05, 4.69) is 169 Å². The predicted molar refractivity (Wildman–Crippen MR) is 203 cm³/mol. The smallest absolute Gasteiger partial charge is 0.111 e. The number of para-hydroxylation sites is 2. The highest BCUT2D eigenvalue weighted by Crippen LogP contribution is 2.64. The number of hydrogen-bond donors (Lipinski definition) is 0. The Labute approximate surface area is 284 Å². The molecular formula is C47H30N2. The Kier molecular flexibility index (Phi) is 5.28. The van der Waals surface area contributed by atoms with Gasteiger partial charge in [0.1, 0.15) is 5.82 Å². The molecule has 1 aromatic heterocycles. The summed E-state index contributed by atoms with van der Waals surface area (Å²) >= 11 is 0. The molecule has 0 radical (unpaired) electrons. The molecule has 0 atom stereocenters. The molecule has 0 unspecified atom stereocenters. The maximum Gasteiger partial charge on any atom is 0.111 e. The van der Waals surface area contributed by atoms with Crippen LogP contribution < -0.4 is 0 Å². The molecule has 49 heavy (non-hydrogen) atoms. The van der Waals surface area contributed by atoms with Crippen LogP contribution in [-0.4, -0.2) is 9.55 Å². The van der Waals surface area contributed by atoms with E-state index >= 15 is 0 Å². The van der Waals surface area contributed by atoms with Crippen molar-refractivity contribution in [2.75, 3.05) is 0 Å². The monoisotopic (exact) mass is 622 g/mol. The molecule has 11 rings (SSSR count). The molecule has 2 heteroatoms. The van der Waals surface area contributed by atoms with Gasteiger partial charge in [0.25, 0.3) is 0 Å². The SMILES string of the molecule is Cc1nc2ccccc2n1-c1ccc(-c2ccc3cc4c(cc3c2)C2(c3ccccc3-c3ccccc32)c2ccc3ccccc3c2-4)cc1. The zero-order valence-electron chi connectivity index (χ0n) is 27.0. The second kappa shape index (κ2) is 9.65. The minimum atomic E-state index is -0.376. The zero-order chi connectivity index (χ0) is 32.3. The molecule has 2 nitrogen and oxygen atoms in total. The first-order valence-electron chi connectivity index (χ1n) is 17.1. The first-order chi connectivity index (χ1) is 24.2. The van der Waals surface area contributed by atoms with Gasteiger partial charge in [-0.15, -0.1) is 0 Å². The lowest BCUT2D eigenvalue weighted by atomic mass is 9.70. The van der Waals surface area contributed by atoms with Gasteiger partial charge in [0.05, 0.1) is 16.4 Å². The van der Waals surface area contributed by atoms with Crippen LogP contribution in [0.3, 0.4) is 0 Å². The number of hydrogen-bond acceptors (Lipinski definition) is 1. The number of aryl methyl sites for hydroxylation is 1. The summed E-state index contributed by atoms with van der Waals surface area (Å²) in [7, 11) is 0. The van der Waals surface area contributed by atoms with Crippen molar-refractivity contribution in [2.45, 2.75) is 12.3 Å². The van der Waals surface area contributed by atoms with Crippen LogP contribution in [0.1, 0.15) is 28.1 Å². The van der Waals surface area contributed by atoms with Gasteiger partial charge in [0.2, 0.25) is 0 Å². The molecule has 0 saturated carbocycles. The van der Waals surface area contributed by atoms with Gasteiger partial charge in [0.15, 0.2) is 0 Å². The highest BCUT2D eigenvalue weighted by Gasteiger charge is 2.52. The molecule has 8 aromatic carbocycles. The summed E-state index contributed by atoms with van der Waals surface area (Å²) in [6, 6.07) is 60.9. The van der Waals surface area contributed by atoms with Crippen molar-refractivity contribution < 1.29 is 0 Å². The van der Waals surface area contributed by atoms with Crippen LogP contribution >= 0.6 is 0 Å². The second-order valence-corrected chi connectivity index (χ2v) is 13.5. The third-order valence-corrected chi connectivity index (χ3v) is 11.1. The van der Waals surface area contributed by atoms with Crippen LogP contribution in [0, 0.1) is 6.92 Å². The van der Waals surface area contributed by atoms with Gasteiger partial charge in [-0.1, -0.05) is 121 Å². The summed E-state index contributed by atoms with van der Waals surface area (Å²) < 4.78 is 2.24. The van der Waals surface area contributed by atoms with E-state index < -0.39 is 0 Å². The van der Waals surface area contributed by atoms with E-state index in [9.17, 15) is 0 Å². The van der Waals surface area contributed by atoms with Crippen LogP contribution in [0.15, 0.2) is 164 Å². The van der Waals surface area contributed by atoms with Crippen molar-refractivity contribution in [3.8, 4) is 39.1 Å². The Balaban J connectivity index is 1.13. The number of fused-ring (bicyclic) bond motifs is 14. The fourth-order valence-corrected chi connectivity index (χ4v) is 9.10. The first-order valence-corrected chi connectivity index (χ1v) is 17.1. The molecule has 0 bridgehead atoms. The molecule has 2 aliphatic rings. The van der Waals surface area contributed by atoms with E-state index in [-0.39, 0.29) is 5.41 Å². The van der Waals surface area contributed by atoms with Gasteiger partial charge < -0.3 is 0 Å². The summed E-state index contributed by atoms with van der Waals surface area (Å²) in [5, 5.41) is 5.11. The first kappa shape index (κ1) is 26.8. The number of rotatable bonds is 2. The van der Waals surface area contributed by atoms with Gasteiger partial charge in [0, 0.05) is 5.69 Å². The number of nitrogens with zero attached hydrogens (tertiary/aromatic N) is 2. The molecule has 228 valence electrons. The Morgan fingerprint density at radius 1 is 0.469 bits per heavy atom. The maximum atomic E-state index is 4.79. The summed E-state index contributed by atoms with van der Waals surface area (Å²) in [6.07, 6.45) is 0. The highest BCUT2D eigenvalue weighted by atomic mass is 15.1. The molecule has 0 N–H and O–H groups in total. The molecule has 0 amide bonds. The normalized spacial score (nSPS) is 13.6. The van der Waals surface area contributed by atoms with Gasteiger partial charge in [-0.2, -0.15) is 0 Å². The summed E-state index contributed by atoms with van der Waals surface area (Å²) in [4.78, 5) is 4.79. The van der Waals surface area contributed by atoms with Crippen LogP contribution in [0.5, 0.6) is 0 Å². The second-order valence-electron chi connectivity index (χ2n) is 13.5. The Hall–Kier alpha value is -6.25. The lowest BCUT2D eigenvalue weighted by molar-refractivity contribution is 0.795. The fraction of sp³-hybridized carbons (Fsp3) is 0.0426. The van der Waals surface area contributed by atoms with E-state index in [0.29, 0.717) is 0 Å². The van der Waals surface area contributed by atoms with Gasteiger partial charge >= 0.3 is 0 Å². The minimum absolute atomic E-state index is 0.376. The Bertz CT molecular complexity index is 2790. The van der Waals surface area contributed by atoms with Crippen molar-refractivity contribution >= 4 is 32.6 Å². The van der Waals surface area contributed by atoms with Crippen molar-refractivity contribution in [1.82, 2.24) is 9.55 Å². The topological polar surface area (TPSA) is 17.8 Å². The number of benzene rings is 8. The molecule has 0 aliphatic heterocycles. The van der Waals surface area contributed by atoms with Crippen LogP contribution in [0.25, 0.3) is 71.6 Å². The van der Waals surface area contributed by atoms with Crippen molar-refractivity contribution in [2.24, 2.45) is 0 Å². The Morgan fingerprint density at radius 2 is 1.14 bits per heavy atom. The van der Waals surface area contributed by atoms with Crippen LogP contribution in [-0.2, 0) is 5.41 Å². The minimum Gasteiger partial charge on any atom is -0.297 e. The highest BCUT2D eigenvalue weighted by molar-refractivity contribution is 6.08. The average molecular weight is 623 g/mol. The van der Waals surface area contributed by atoms with E-state index in [1.807, 2.05) is 6.07 Å². The van der Waals surface area contributed by atoms with E-state index in [1.54, 1.807) is 0 Å². The molecule has 0 fully saturated rings. The van der Waals surface area contributed by atoms with E-state index in [1.165, 1.54) is 77.2 Å². The van der Waals surface area contributed by atoms with Crippen LogP contribution in [0.2, 0.25) is 0 Å². The van der Waals surface area contributed by atoms with Crippen molar-refractivity contribution in [3.63, 3.8) is 0 Å². The van der Waals surface area contributed by atoms with Gasteiger partial charge in [-0.3, -0.25) is 4.57 Å². The van der Waals surface area contributed by atoms with E-state index in [0.717, 1.165) is 22.5 Å². The van der Waals surface area contributed by atoms with E-state index in [4.69, 9.17) is 4.98 Å². The fourth-order valence-electron chi connectivity index (χ4n) is 9.10. The summed E-state index contributed by atoms with van der Waals surface area (Å²) in [5.41, 5.74) is 16.2. The molecule has 1 heterocycles. The molecule has 9 aromatic rings. The van der Waals surface area contributed by atoms with Gasteiger partial charge in [-0.25, -0.2) is 4.98 Å². The quantitative estimate of drug-likeness (QED) is 0.188. The molecule has 0 saturated heterocycles. The largest absolute Gasteiger partial charge is 0.297 e. The van der Waals surface area contributed by atoms with Crippen molar-refractivity contribution in [3.05, 3.63) is 192 Å². The lowest BCUT2D eigenvalue weighted by Gasteiger charge is -2.30. The maximum absolute atomic E-state index is 4.79.